The summed E-state index contributed by atoms with van der Waals surface area (Å²) < 4.78 is 5.39. The Kier molecular flexibility index (Phi) is 32.0. The van der Waals surface area contributed by atoms with E-state index in [1.54, 1.807) is 0 Å². The monoisotopic (exact) mass is 509 g/mol. The van der Waals surface area contributed by atoms with Gasteiger partial charge in [0.05, 0.1) is 6.61 Å². The molecule has 0 radical (unpaired) electrons. The molecule has 0 unspecified atom stereocenters. The lowest BCUT2D eigenvalue weighted by molar-refractivity contribution is -0.143. The lowest BCUT2D eigenvalue weighted by atomic mass is 10.0. The highest BCUT2D eigenvalue weighted by Crippen LogP contribution is 2.15. The van der Waals surface area contributed by atoms with E-state index in [1.807, 2.05) is 0 Å². The summed E-state index contributed by atoms with van der Waals surface area (Å²) in [5.74, 6) is 0.0238. The number of carbonyl (C=O) groups is 1. The summed E-state index contributed by atoms with van der Waals surface area (Å²) >= 11 is 0. The lowest BCUT2D eigenvalue weighted by Gasteiger charge is -2.06. The largest absolute Gasteiger partial charge is 0.466 e. The van der Waals surface area contributed by atoms with Crippen LogP contribution in [0.25, 0.3) is 0 Å². The van der Waals surface area contributed by atoms with Gasteiger partial charge in [0.1, 0.15) is 0 Å². The van der Waals surface area contributed by atoms with Crippen molar-refractivity contribution in [3.8, 4) is 0 Å². The molecule has 0 bridgehead atoms. The van der Waals surface area contributed by atoms with Crippen LogP contribution >= 0.6 is 0 Å². The molecule has 36 heavy (non-hydrogen) atoms. The van der Waals surface area contributed by atoms with Crippen LogP contribution in [0, 0.1) is 0 Å². The third-order valence-corrected chi connectivity index (χ3v) is 7.75. The van der Waals surface area contributed by atoms with Crippen molar-refractivity contribution in [1.82, 2.24) is 0 Å². The molecule has 0 amide bonds. The van der Waals surface area contributed by atoms with Crippen molar-refractivity contribution in [2.24, 2.45) is 0 Å². The molecule has 0 atom stereocenters. The molecule has 0 N–H and O–H groups in total. The zero-order valence-electron chi connectivity index (χ0n) is 25.2. The van der Waals surface area contributed by atoms with Gasteiger partial charge in [-0.1, -0.05) is 187 Å². The van der Waals surface area contributed by atoms with E-state index in [4.69, 9.17) is 4.74 Å². The standard InChI is InChI=1S/C34H68O2/c1-3-5-7-9-11-13-14-15-16-17-18-19-20-21-22-23-24-25-26-28-30-32-34(35)36-33-31-29-27-12-10-8-6-4-2/h3-33H2,1-2H3. The summed E-state index contributed by atoms with van der Waals surface area (Å²) in [6.07, 6.45) is 40.2. The first-order valence-electron chi connectivity index (χ1n) is 17.0. The van der Waals surface area contributed by atoms with Crippen molar-refractivity contribution < 1.29 is 9.53 Å². The summed E-state index contributed by atoms with van der Waals surface area (Å²) in [7, 11) is 0. The van der Waals surface area contributed by atoms with Crippen LogP contribution in [0.5, 0.6) is 0 Å². The molecule has 0 aliphatic rings. The third-order valence-electron chi connectivity index (χ3n) is 7.75. The van der Waals surface area contributed by atoms with Crippen LogP contribution in [0.2, 0.25) is 0 Å². The normalized spacial score (nSPS) is 11.3. The second-order valence-corrected chi connectivity index (χ2v) is 11.5. The number of rotatable bonds is 31. The number of unbranched alkanes of at least 4 members (excludes halogenated alkanes) is 27. The third kappa shape index (κ3) is 31.5. The van der Waals surface area contributed by atoms with E-state index in [0.717, 1.165) is 12.8 Å². The number of carbonyl (C=O) groups excluding carboxylic acids is 1. The minimum Gasteiger partial charge on any atom is -0.466 e. The summed E-state index contributed by atoms with van der Waals surface area (Å²) in [6, 6.07) is 0. The number of hydrogen-bond acceptors (Lipinski definition) is 2. The lowest BCUT2D eigenvalue weighted by Crippen LogP contribution is -2.05. The van der Waals surface area contributed by atoms with E-state index in [0.29, 0.717) is 13.0 Å². The van der Waals surface area contributed by atoms with Gasteiger partial charge in [-0.3, -0.25) is 4.79 Å². The van der Waals surface area contributed by atoms with Gasteiger partial charge in [0.15, 0.2) is 0 Å². The maximum Gasteiger partial charge on any atom is 0.305 e. The first-order chi connectivity index (χ1) is 17.8. The van der Waals surface area contributed by atoms with Gasteiger partial charge in [-0.05, 0) is 12.8 Å². The van der Waals surface area contributed by atoms with Crippen molar-refractivity contribution in [1.29, 1.82) is 0 Å². The maximum atomic E-state index is 11.8. The summed E-state index contributed by atoms with van der Waals surface area (Å²) in [5, 5.41) is 0. The predicted octanol–water partition coefficient (Wildman–Crippen LogP) is 12.3. The molecule has 216 valence electrons. The Morgan fingerprint density at radius 2 is 0.611 bits per heavy atom. The van der Waals surface area contributed by atoms with Crippen LogP contribution < -0.4 is 0 Å². The molecule has 0 spiro atoms. The van der Waals surface area contributed by atoms with Crippen LogP contribution in [0.15, 0.2) is 0 Å². The molecular weight excluding hydrogens is 440 g/mol. The van der Waals surface area contributed by atoms with Crippen LogP contribution in [0.1, 0.15) is 206 Å². The van der Waals surface area contributed by atoms with Crippen molar-refractivity contribution in [3.05, 3.63) is 0 Å². The maximum absolute atomic E-state index is 11.8. The number of esters is 1. The zero-order chi connectivity index (χ0) is 26.2. The van der Waals surface area contributed by atoms with Gasteiger partial charge in [-0.25, -0.2) is 0 Å². The molecule has 0 heterocycles. The number of hydrogen-bond donors (Lipinski definition) is 0. The van der Waals surface area contributed by atoms with Gasteiger partial charge >= 0.3 is 5.97 Å². The fourth-order valence-corrected chi connectivity index (χ4v) is 5.20. The van der Waals surface area contributed by atoms with Crippen LogP contribution in [0.3, 0.4) is 0 Å². The van der Waals surface area contributed by atoms with Crippen molar-refractivity contribution in [3.63, 3.8) is 0 Å². The van der Waals surface area contributed by atoms with Gasteiger partial charge in [-0.2, -0.15) is 0 Å². The fourth-order valence-electron chi connectivity index (χ4n) is 5.20. The minimum atomic E-state index is 0.0238. The molecule has 2 nitrogen and oxygen atoms in total. The molecular formula is C34H68O2. The van der Waals surface area contributed by atoms with Gasteiger partial charge in [0.25, 0.3) is 0 Å². The van der Waals surface area contributed by atoms with E-state index < -0.39 is 0 Å². The molecule has 0 saturated heterocycles. The Morgan fingerprint density at radius 1 is 0.361 bits per heavy atom. The van der Waals surface area contributed by atoms with E-state index >= 15 is 0 Å². The second kappa shape index (κ2) is 32.5. The van der Waals surface area contributed by atoms with Gasteiger partial charge < -0.3 is 4.74 Å². The van der Waals surface area contributed by atoms with Gasteiger partial charge in [0.2, 0.25) is 0 Å². The first-order valence-corrected chi connectivity index (χ1v) is 17.0. The van der Waals surface area contributed by atoms with Crippen molar-refractivity contribution in [2.75, 3.05) is 6.61 Å². The number of ether oxygens (including phenoxy) is 1. The Morgan fingerprint density at radius 3 is 0.917 bits per heavy atom. The summed E-state index contributed by atoms with van der Waals surface area (Å²) in [4.78, 5) is 11.8. The fraction of sp³-hybridized carbons (Fsp3) is 0.971. The van der Waals surface area contributed by atoms with Crippen molar-refractivity contribution in [2.45, 2.75) is 206 Å². The molecule has 0 aliphatic heterocycles. The molecule has 0 aliphatic carbocycles. The highest BCUT2D eigenvalue weighted by Gasteiger charge is 2.02. The zero-order valence-corrected chi connectivity index (χ0v) is 25.2. The molecule has 0 saturated carbocycles. The second-order valence-electron chi connectivity index (χ2n) is 11.5. The van der Waals surface area contributed by atoms with E-state index in [2.05, 4.69) is 13.8 Å². The Balaban J connectivity index is 3.11. The average Bonchev–Trinajstić information content (AvgIpc) is 2.88. The topological polar surface area (TPSA) is 26.3 Å². The quantitative estimate of drug-likeness (QED) is 0.0687. The minimum absolute atomic E-state index is 0.0238. The van der Waals surface area contributed by atoms with E-state index in [-0.39, 0.29) is 5.97 Å². The van der Waals surface area contributed by atoms with E-state index in [9.17, 15) is 4.79 Å². The SMILES string of the molecule is CCCCCCCCCCCCCCCCCCCCCCCC(=O)OCCCCCCCCCC. The molecule has 0 aromatic rings. The molecule has 0 aromatic carbocycles. The summed E-state index contributed by atoms with van der Waals surface area (Å²) in [5.41, 5.74) is 0. The smallest absolute Gasteiger partial charge is 0.305 e. The molecule has 2 heteroatoms. The van der Waals surface area contributed by atoms with Crippen LogP contribution in [-0.4, -0.2) is 12.6 Å². The highest BCUT2D eigenvalue weighted by atomic mass is 16.5. The summed E-state index contributed by atoms with van der Waals surface area (Å²) in [6.45, 7) is 5.19. The van der Waals surface area contributed by atoms with Gasteiger partial charge in [-0.15, -0.1) is 0 Å². The Labute approximate surface area is 228 Å². The molecule has 0 aromatic heterocycles. The predicted molar refractivity (Wildman–Crippen MR) is 161 cm³/mol. The van der Waals surface area contributed by atoms with Crippen molar-refractivity contribution >= 4 is 5.97 Å². The molecule has 0 rings (SSSR count). The highest BCUT2D eigenvalue weighted by molar-refractivity contribution is 5.69. The Hall–Kier alpha value is -0.530. The van der Waals surface area contributed by atoms with E-state index in [1.165, 1.54) is 173 Å². The Bertz CT molecular complexity index is 406. The average molecular weight is 509 g/mol. The van der Waals surface area contributed by atoms with Crippen LogP contribution in [0.4, 0.5) is 0 Å². The first kappa shape index (κ1) is 35.5. The van der Waals surface area contributed by atoms with Gasteiger partial charge in [0, 0.05) is 6.42 Å². The molecule has 0 fully saturated rings. The van der Waals surface area contributed by atoms with Crippen LogP contribution in [-0.2, 0) is 9.53 Å².